The maximum atomic E-state index is 5.02. The molecule has 0 amide bonds. The molecule has 1 aliphatic heterocycles. The average Bonchev–Trinajstić information content (AvgIpc) is 3.25. The van der Waals surface area contributed by atoms with Crippen molar-refractivity contribution in [2.24, 2.45) is 9.98 Å². The highest BCUT2D eigenvalue weighted by molar-refractivity contribution is 6.15. The molecule has 1 unspecified atom stereocenters. The molecule has 0 fully saturated rings. The lowest BCUT2D eigenvalue weighted by molar-refractivity contribution is 0.674. The lowest BCUT2D eigenvalue weighted by Gasteiger charge is -2.24. The summed E-state index contributed by atoms with van der Waals surface area (Å²) in [6, 6.07) is 59.1. The molecular weight excluding hydrogens is 657 g/mol. The lowest BCUT2D eigenvalue weighted by atomic mass is 9.92. The van der Waals surface area contributed by atoms with E-state index in [2.05, 4.69) is 144 Å². The van der Waals surface area contributed by atoms with Crippen LogP contribution in [0.15, 0.2) is 210 Å². The number of amidine groups is 2. The molecule has 7 aromatic carbocycles. The predicted octanol–water partition coefficient (Wildman–Crippen LogP) is 12.0. The van der Waals surface area contributed by atoms with Crippen molar-refractivity contribution in [1.29, 1.82) is 0 Å². The first kappa shape index (κ1) is 32.7. The number of aromatic nitrogens is 1. The van der Waals surface area contributed by atoms with Gasteiger partial charge in [0.2, 0.25) is 0 Å². The number of pyridine rings is 1. The Balaban J connectivity index is 1.13. The van der Waals surface area contributed by atoms with Crippen LogP contribution in [0.4, 0.5) is 0 Å². The summed E-state index contributed by atoms with van der Waals surface area (Å²) >= 11 is 0. The molecule has 1 N–H and O–H groups in total. The molecule has 9 rings (SSSR count). The van der Waals surface area contributed by atoms with Crippen LogP contribution in [0.25, 0.3) is 55.2 Å². The molecular formula is C50H36N4. The van der Waals surface area contributed by atoms with E-state index < -0.39 is 0 Å². The SMILES string of the molecule is C=C(/C=C(\C=C\c1ccnc2ccccc12)c1ccc(-c2cc3ccccc3c3ccccc23)cc1)C1=NC(c2ccccc2)=NC(c2ccccc2)N1. The van der Waals surface area contributed by atoms with Gasteiger partial charge in [-0.05, 0) is 79.2 Å². The lowest BCUT2D eigenvalue weighted by Crippen LogP contribution is -2.33. The minimum atomic E-state index is -0.308. The predicted molar refractivity (Wildman–Crippen MR) is 228 cm³/mol. The van der Waals surface area contributed by atoms with Crippen LogP contribution in [0.1, 0.15) is 28.4 Å². The number of hydrogen-bond acceptors (Lipinski definition) is 4. The molecule has 54 heavy (non-hydrogen) atoms. The largest absolute Gasteiger partial charge is 0.344 e. The van der Waals surface area contributed by atoms with Crippen LogP contribution in [0.2, 0.25) is 0 Å². The van der Waals surface area contributed by atoms with Crippen LogP contribution in [-0.2, 0) is 0 Å². The number of rotatable bonds is 8. The van der Waals surface area contributed by atoms with Gasteiger partial charge in [0.25, 0.3) is 0 Å². The topological polar surface area (TPSA) is 49.6 Å². The van der Waals surface area contributed by atoms with Gasteiger partial charge in [-0.2, -0.15) is 0 Å². The van der Waals surface area contributed by atoms with Gasteiger partial charge in [0, 0.05) is 22.7 Å². The molecule has 0 bridgehead atoms. The van der Waals surface area contributed by atoms with E-state index in [-0.39, 0.29) is 6.17 Å². The summed E-state index contributed by atoms with van der Waals surface area (Å²) in [5.74, 6) is 1.34. The molecule has 0 spiro atoms. The van der Waals surface area contributed by atoms with E-state index in [9.17, 15) is 0 Å². The van der Waals surface area contributed by atoms with Crippen LogP contribution in [0.3, 0.4) is 0 Å². The fraction of sp³-hybridized carbons (Fsp3) is 0.0200. The average molecular weight is 693 g/mol. The number of nitrogens with zero attached hydrogens (tertiary/aromatic N) is 3. The number of aliphatic imine (C=N–C) groups is 2. The highest BCUT2D eigenvalue weighted by Gasteiger charge is 2.21. The molecule has 0 aliphatic carbocycles. The first-order valence-electron chi connectivity index (χ1n) is 18.2. The second kappa shape index (κ2) is 14.5. The van der Waals surface area contributed by atoms with Crippen molar-refractivity contribution < 1.29 is 0 Å². The van der Waals surface area contributed by atoms with Crippen molar-refractivity contribution in [2.75, 3.05) is 0 Å². The van der Waals surface area contributed by atoms with Gasteiger partial charge in [-0.3, -0.25) is 4.98 Å². The molecule has 1 atom stereocenters. The van der Waals surface area contributed by atoms with Crippen molar-refractivity contribution in [1.82, 2.24) is 10.3 Å². The maximum Gasteiger partial charge on any atom is 0.159 e. The van der Waals surface area contributed by atoms with Crippen LogP contribution >= 0.6 is 0 Å². The van der Waals surface area contributed by atoms with E-state index in [4.69, 9.17) is 9.98 Å². The summed E-state index contributed by atoms with van der Waals surface area (Å²) < 4.78 is 0. The summed E-state index contributed by atoms with van der Waals surface area (Å²) in [7, 11) is 0. The molecule has 4 heteroatoms. The fourth-order valence-corrected chi connectivity index (χ4v) is 7.20. The Bertz CT molecular complexity index is 2790. The summed E-state index contributed by atoms with van der Waals surface area (Å²) in [5.41, 5.74) is 9.25. The second-order valence-corrected chi connectivity index (χ2v) is 13.4. The summed E-state index contributed by atoms with van der Waals surface area (Å²) in [6.07, 6.45) is 7.99. The van der Waals surface area contributed by atoms with E-state index in [1.165, 1.54) is 27.1 Å². The van der Waals surface area contributed by atoms with E-state index in [0.717, 1.165) is 49.9 Å². The van der Waals surface area contributed by atoms with Crippen LogP contribution in [0.5, 0.6) is 0 Å². The van der Waals surface area contributed by atoms with E-state index in [0.29, 0.717) is 11.7 Å². The molecule has 2 heterocycles. The third kappa shape index (κ3) is 6.53. The molecule has 1 aliphatic rings. The van der Waals surface area contributed by atoms with Gasteiger partial charge in [-0.15, -0.1) is 0 Å². The van der Waals surface area contributed by atoms with Gasteiger partial charge in [0.15, 0.2) is 5.84 Å². The van der Waals surface area contributed by atoms with Crippen molar-refractivity contribution in [3.8, 4) is 11.1 Å². The number of nitrogens with one attached hydrogen (secondary N) is 1. The van der Waals surface area contributed by atoms with Gasteiger partial charge >= 0.3 is 0 Å². The summed E-state index contributed by atoms with van der Waals surface area (Å²) in [4.78, 5) is 14.6. The second-order valence-electron chi connectivity index (χ2n) is 13.4. The van der Waals surface area contributed by atoms with Crippen molar-refractivity contribution in [3.63, 3.8) is 0 Å². The Kier molecular flexibility index (Phi) is 8.76. The fourth-order valence-electron chi connectivity index (χ4n) is 7.20. The van der Waals surface area contributed by atoms with Crippen molar-refractivity contribution in [2.45, 2.75) is 6.17 Å². The Morgan fingerprint density at radius 2 is 1.28 bits per heavy atom. The zero-order chi connectivity index (χ0) is 36.3. The molecule has 0 saturated carbocycles. The number of benzene rings is 7. The first-order chi connectivity index (χ1) is 26.7. The zero-order valence-electron chi connectivity index (χ0n) is 29.6. The Morgan fingerprint density at radius 3 is 2.07 bits per heavy atom. The maximum absolute atomic E-state index is 5.02. The first-order valence-corrected chi connectivity index (χ1v) is 18.2. The van der Waals surface area contributed by atoms with Crippen molar-refractivity contribution >= 4 is 55.8 Å². The molecule has 0 saturated heterocycles. The van der Waals surface area contributed by atoms with Gasteiger partial charge < -0.3 is 5.32 Å². The number of hydrogen-bond donors (Lipinski definition) is 1. The smallest absolute Gasteiger partial charge is 0.159 e. The molecule has 1 aromatic heterocycles. The number of para-hydroxylation sites is 1. The molecule has 8 aromatic rings. The van der Waals surface area contributed by atoms with Crippen LogP contribution in [0, 0.1) is 0 Å². The molecule has 0 radical (unpaired) electrons. The van der Waals surface area contributed by atoms with E-state index >= 15 is 0 Å². The van der Waals surface area contributed by atoms with Crippen LogP contribution < -0.4 is 5.32 Å². The van der Waals surface area contributed by atoms with Crippen molar-refractivity contribution in [3.05, 3.63) is 223 Å². The summed E-state index contributed by atoms with van der Waals surface area (Å²) in [5, 5.41) is 9.66. The van der Waals surface area contributed by atoms with Gasteiger partial charge in [-0.1, -0.05) is 170 Å². The van der Waals surface area contributed by atoms with Gasteiger partial charge in [0.1, 0.15) is 12.0 Å². The quantitative estimate of drug-likeness (QED) is 0.127. The Morgan fingerprint density at radius 1 is 0.611 bits per heavy atom. The van der Waals surface area contributed by atoms with E-state index in [1.54, 1.807) is 0 Å². The van der Waals surface area contributed by atoms with Gasteiger partial charge in [0.05, 0.1) is 5.52 Å². The van der Waals surface area contributed by atoms with Crippen LogP contribution in [-0.4, -0.2) is 16.7 Å². The van der Waals surface area contributed by atoms with Gasteiger partial charge in [-0.25, -0.2) is 9.98 Å². The highest BCUT2D eigenvalue weighted by atomic mass is 15.2. The summed E-state index contributed by atoms with van der Waals surface area (Å²) in [6.45, 7) is 4.56. The highest BCUT2D eigenvalue weighted by Crippen LogP contribution is 2.36. The minimum Gasteiger partial charge on any atom is -0.344 e. The monoisotopic (exact) mass is 692 g/mol. The van der Waals surface area contributed by atoms with E-state index in [1.807, 2.05) is 66.9 Å². The molecule has 256 valence electrons. The standard InChI is InChI=1S/C50H36N4/c1-34(48-52-49(38-14-4-2-5-15-38)54-50(53-48)39-16-6-3-7-17-39)32-40(29-28-37-30-31-51-47-23-13-12-20-43(37)47)35-24-26-36(27-25-35)46-33-41-18-8-9-19-42(41)44-21-10-11-22-45(44)46/h2-33,49H,1H2,(H,52,53,54)/b29-28+,40-32+. The Hall–Kier alpha value is -7.17. The zero-order valence-corrected chi connectivity index (χ0v) is 29.6. The third-order valence-electron chi connectivity index (χ3n) is 9.95. The minimum absolute atomic E-state index is 0.308. The number of allylic oxidation sites excluding steroid dienone is 2. The number of fused-ring (bicyclic) bond motifs is 4. The normalized spacial score (nSPS) is 14.6. The molecule has 4 nitrogen and oxygen atoms in total. The third-order valence-corrected chi connectivity index (χ3v) is 9.95. The Labute approximate surface area is 314 Å².